The molecule has 0 spiro atoms. The first-order valence-electron chi connectivity index (χ1n) is 5.55. The minimum absolute atomic E-state index is 0.384. The lowest BCUT2D eigenvalue weighted by Crippen LogP contribution is -2.32. The number of alkyl halides is 2. The van der Waals surface area contributed by atoms with E-state index in [1.165, 1.54) is 12.4 Å². The number of nitrogens with zero attached hydrogens (tertiary/aromatic N) is 2. The van der Waals surface area contributed by atoms with Crippen LogP contribution in [0.3, 0.4) is 0 Å². The number of rotatable bonds is 6. The van der Waals surface area contributed by atoms with Gasteiger partial charge in [0.05, 0.1) is 0 Å². The Morgan fingerprint density at radius 1 is 1.38 bits per heavy atom. The summed E-state index contributed by atoms with van der Waals surface area (Å²) < 4.78 is 25.9. The standard InChI is InChI=1S/C11H19F2N3/c1-8(2)9(3)14-5-4-10-15-6-7-16(10)11(12)13/h6-9,11,14H,4-5H2,1-3H3/t9-/m0/s1. The quantitative estimate of drug-likeness (QED) is 0.815. The first-order chi connectivity index (χ1) is 7.52. The molecule has 1 N–H and O–H groups in total. The van der Waals surface area contributed by atoms with Crippen LogP contribution in [-0.2, 0) is 6.42 Å². The Hall–Kier alpha value is -0.970. The number of nitrogens with one attached hydrogen (secondary N) is 1. The fourth-order valence-corrected chi connectivity index (χ4v) is 1.36. The predicted molar refractivity (Wildman–Crippen MR) is 59.5 cm³/mol. The lowest BCUT2D eigenvalue weighted by atomic mass is 10.1. The molecule has 1 heterocycles. The zero-order chi connectivity index (χ0) is 12.1. The third-order valence-electron chi connectivity index (χ3n) is 2.77. The summed E-state index contributed by atoms with van der Waals surface area (Å²) in [6.45, 7) is 4.50. The lowest BCUT2D eigenvalue weighted by Gasteiger charge is -2.17. The van der Waals surface area contributed by atoms with Crippen LogP contribution in [-0.4, -0.2) is 22.1 Å². The molecular formula is C11H19F2N3. The summed E-state index contributed by atoms with van der Waals surface area (Å²) in [6.07, 6.45) is 3.24. The molecule has 3 nitrogen and oxygen atoms in total. The summed E-state index contributed by atoms with van der Waals surface area (Å²) in [4.78, 5) is 3.92. The van der Waals surface area contributed by atoms with Gasteiger partial charge in [0.25, 0.3) is 0 Å². The van der Waals surface area contributed by atoms with Crippen LogP contribution in [0.4, 0.5) is 8.78 Å². The van der Waals surface area contributed by atoms with Crippen molar-refractivity contribution < 1.29 is 8.78 Å². The molecular weight excluding hydrogens is 212 g/mol. The first-order valence-corrected chi connectivity index (χ1v) is 5.55. The molecule has 0 unspecified atom stereocenters. The van der Waals surface area contributed by atoms with E-state index in [0.29, 0.717) is 30.7 Å². The van der Waals surface area contributed by atoms with Gasteiger partial charge in [-0.1, -0.05) is 13.8 Å². The molecule has 0 bridgehead atoms. The van der Waals surface area contributed by atoms with Gasteiger partial charge in [0, 0.05) is 31.4 Å². The van der Waals surface area contributed by atoms with Crippen LogP contribution in [0.1, 0.15) is 33.1 Å². The van der Waals surface area contributed by atoms with E-state index in [2.05, 4.69) is 31.1 Å². The number of hydrogen-bond acceptors (Lipinski definition) is 2. The van der Waals surface area contributed by atoms with Gasteiger partial charge >= 0.3 is 6.55 Å². The van der Waals surface area contributed by atoms with Crippen molar-refractivity contribution in [2.45, 2.75) is 39.8 Å². The molecule has 0 saturated carbocycles. The summed E-state index contributed by atoms with van der Waals surface area (Å²) in [7, 11) is 0. The van der Waals surface area contributed by atoms with Gasteiger partial charge in [-0.3, -0.25) is 4.57 Å². The van der Waals surface area contributed by atoms with Gasteiger partial charge in [0.1, 0.15) is 5.82 Å². The Morgan fingerprint density at radius 3 is 2.62 bits per heavy atom. The molecule has 1 aromatic rings. The second-order valence-electron chi connectivity index (χ2n) is 4.27. The second-order valence-corrected chi connectivity index (χ2v) is 4.27. The van der Waals surface area contributed by atoms with Gasteiger partial charge in [-0.2, -0.15) is 8.78 Å². The third-order valence-corrected chi connectivity index (χ3v) is 2.77. The van der Waals surface area contributed by atoms with Gasteiger partial charge < -0.3 is 5.32 Å². The zero-order valence-electron chi connectivity index (χ0n) is 9.95. The van der Waals surface area contributed by atoms with Crippen molar-refractivity contribution in [1.82, 2.24) is 14.9 Å². The summed E-state index contributed by atoms with van der Waals surface area (Å²) in [6, 6.07) is 0.384. The fourth-order valence-electron chi connectivity index (χ4n) is 1.36. The molecule has 0 aliphatic rings. The number of imidazole rings is 1. The van der Waals surface area contributed by atoms with Crippen molar-refractivity contribution >= 4 is 0 Å². The largest absolute Gasteiger partial charge is 0.319 e. The number of aromatic nitrogens is 2. The Labute approximate surface area is 94.9 Å². The van der Waals surface area contributed by atoms with Crippen molar-refractivity contribution in [1.29, 1.82) is 0 Å². The predicted octanol–water partition coefficient (Wildman–Crippen LogP) is 2.45. The van der Waals surface area contributed by atoms with Gasteiger partial charge in [-0.05, 0) is 12.8 Å². The fraction of sp³-hybridized carbons (Fsp3) is 0.727. The highest BCUT2D eigenvalue weighted by Gasteiger charge is 2.11. The molecule has 0 aliphatic carbocycles. The molecule has 5 heteroatoms. The summed E-state index contributed by atoms with van der Waals surface area (Å²) in [5.41, 5.74) is 0. The van der Waals surface area contributed by atoms with Crippen molar-refractivity contribution in [3.8, 4) is 0 Å². The van der Waals surface area contributed by atoms with Gasteiger partial charge in [0.15, 0.2) is 0 Å². The van der Waals surface area contributed by atoms with Crippen molar-refractivity contribution in [2.75, 3.05) is 6.54 Å². The van der Waals surface area contributed by atoms with E-state index in [-0.39, 0.29) is 0 Å². The highest BCUT2D eigenvalue weighted by Crippen LogP contribution is 2.12. The van der Waals surface area contributed by atoms with Crippen LogP contribution in [0.2, 0.25) is 0 Å². The van der Waals surface area contributed by atoms with E-state index in [4.69, 9.17) is 0 Å². The van der Waals surface area contributed by atoms with E-state index < -0.39 is 6.55 Å². The maximum Gasteiger partial charge on any atom is 0.319 e. The minimum Gasteiger partial charge on any atom is -0.314 e. The molecule has 0 aliphatic heterocycles. The molecule has 0 amide bonds. The molecule has 1 rings (SSSR count). The van der Waals surface area contributed by atoms with Crippen molar-refractivity contribution in [3.63, 3.8) is 0 Å². The number of hydrogen-bond donors (Lipinski definition) is 1. The van der Waals surface area contributed by atoms with Crippen LogP contribution in [0.25, 0.3) is 0 Å². The molecule has 0 fully saturated rings. The van der Waals surface area contributed by atoms with E-state index >= 15 is 0 Å². The lowest BCUT2D eigenvalue weighted by molar-refractivity contribution is 0.0670. The summed E-state index contributed by atoms with van der Waals surface area (Å²) in [5, 5.41) is 3.29. The van der Waals surface area contributed by atoms with Crippen molar-refractivity contribution in [2.24, 2.45) is 5.92 Å². The Morgan fingerprint density at radius 2 is 2.06 bits per heavy atom. The maximum absolute atomic E-state index is 12.5. The van der Waals surface area contributed by atoms with Crippen LogP contribution in [0.5, 0.6) is 0 Å². The highest BCUT2D eigenvalue weighted by molar-refractivity contribution is 4.93. The first kappa shape index (κ1) is 13.1. The molecule has 1 aromatic heterocycles. The van der Waals surface area contributed by atoms with E-state index in [1.807, 2.05) is 0 Å². The molecule has 16 heavy (non-hydrogen) atoms. The van der Waals surface area contributed by atoms with Crippen LogP contribution in [0, 0.1) is 5.92 Å². The van der Waals surface area contributed by atoms with Crippen LogP contribution in [0.15, 0.2) is 12.4 Å². The van der Waals surface area contributed by atoms with Crippen LogP contribution >= 0.6 is 0 Å². The average Bonchev–Trinajstić information content (AvgIpc) is 2.65. The van der Waals surface area contributed by atoms with Gasteiger partial charge in [-0.25, -0.2) is 4.98 Å². The third kappa shape index (κ3) is 3.56. The molecule has 92 valence electrons. The molecule has 0 radical (unpaired) electrons. The zero-order valence-corrected chi connectivity index (χ0v) is 9.95. The van der Waals surface area contributed by atoms with Gasteiger partial charge in [-0.15, -0.1) is 0 Å². The van der Waals surface area contributed by atoms with Crippen LogP contribution < -0.4 is 5.32 Å². The molecule has 1 atom stereocenters. The van der Waals surface area contributed by atoms with E-state index in [0.717, 1.165) is 4.57 Å². The van der Waals surface area contributed by atoms with Gasteiger partial charge in [0.2, 0.25) is 0 Å². The smallest absolute Gasteiger partial charge is 0.314 e. The average molecular weight is 231 g/mol. The second kappa shape index (κ2) is 5.94. The normalized spacial score (nSPS) is 13.7. The number of halogens is 2. The minimum atomic E-state index is -2.50. The summed E-state index contributed by atoms with van der Waals surface area (Å²) in [5.74, 6) is 0.966. The topological polar surface area (TPSA) is 29.9 Å². The Bertz CT molecular complexity index is 310. The SMILES string of the molecule is CC(C)[C@H](C)NCCc1nccn1C(F)F. The Balaban J connectivity index is 2.40. The van der Waals surface area contributed by atoms with Crippen molar-refractivity contribution in [3.05, 3.63) is 18.2 Å². The Kier molecular flexibility index (Phi) is 4.86. The maximum atomic E-state index is 12.5. The molecule has 0 saturated heterocycles. The van der Waals surface area contributed by atoms with E-state index in [9.17, 15) is 8.78 Å². The summed E-state index contributed by atoms with van der Waals surface area (Å²) >= 11 is 0. The monoisotopic (exact) mass is 231 g/mol. The highest BCUT2D eigenvalue weighted by atomic mass is 19.3. The van der Waals surface area contributed by atoms with E-state index in [1.54, 1.807) is 0 Å². The molecule has 0 aromatic carbocycles.